The Morgan fingerprint density at radius 1 is 1.35 bits per heavy atom. The molecule has 1 aromatic heterocycles. The molecular weight excluding hydrogens is 292 g/mol. The fourth-order valence-corrected chi connectivity index (χ4v) is 3.66. The minimum absolute atomic E-state index is 0.0121. The van der Waals surface area contributed by atoms with Crippen LogP contribution in [0.5, 0.6) is 0 Å². The van der Waals surface area contributed by atoms with Gasteiger partial charge in [-0.25, -0.2) is 0 Å². The van der Waals surface area contributed by atoms with E-state index in [4.69, 9.17) is 16.6 Å². The second-order valence-corrected chi connectivity index (χ2v) is 6.60. The average Bonchev–Trinajstić information content (AvgIpc) is 3.05. The van der Waals surface area contributed by atoms with E-state index in [9.17, 15) is 4.79 Å². The van der Waals surface area contributed by atoms with E-state index in [1.807, 2.05) is 18.3 Å². The summed E-state index contributed by atoms with van der Waals surface area (Å²) in [4.78, 5) is 17.0. The van der Waals surface area contributed by atoms with Gasteiger partial charge in [0.15, 0.2) is 0 Å². The van der Waals surface area contributed by atoms with E-state index in [0.29, 0.717) is 10.9 Å². The summed E-state index contributed by atoms with van der Waals surface area (Å²) in [6.07, 6.45) is 7.26. The standard InChI is InChI=1S/C14H16N2O2S2/c17-13-12(10-15-6-2-1-3-7-15)20-14(19)16(13)9-11-5-4-8-18-11/h4-5,8,10H,1-3,6-7,9H2/b12-10-. The van der Waals surface area contributed by atoms with Crippen LogP contribution in [0, 0.1) is 0 Å². The maximum atomic E-state index is 12.4. The molecule has 0 spiro atoms. The zero-order valence-electron chi connectivity index (χ0n) is 11.1. The van der Waals surface area contributed by atoms with Gasteiger partial charge in [0.1, 0.15) is 10.1 Å². The number of thioether (sulfide) groups is 1. The van der Waals surface area contributed by atoms with Crippen molar-refractivity contribution in [2.75, 3.05) is 13.1 Å². The molecule has 3 rings (SSSR count). The predicted octanol–water partition coefficient (Wildman–Crippen LogP) is 2.97. The highest BCUT2D eigenvalue weighted by molar-refractivity contribution is 8.26. The lowest BCUT2D eigenvalue weighted by molar-refractivity contribution is -0.122. The highest BCUT2D eigenvalue weighted by Gasteiger charge is 2.33. The Labute approximate surface area is 127 Å². The van der Waals surface area contributed by atoms with Gasteiger partial charge >= 0.3 is 0 Å². The Kier molecular flexibility index (Phi) is 4.12. The Balaban J connectivity index is 1.71. The molecule has 2 aliphatic heterocycles. The lowest BCUT2D eigenvalue weighted by atomic mass is 10.1. The predicted molar refractivity (Wildman–Crippen MR) is 83.0 cm³/mol. The molecule has 0 N–H and O–H groups in total. The molecule has 0 radical (unpaired) electrons. The van der Waals surface area contributed by atoms with Crippen LogP contribution < -0.4 is 0 Å². The van der Waals surface area contributed by atoms with Gasteiger partial charge in [0.25, 0.3) is 5.91 Å². The van der Waals surface area contributed by atoms with Gasteiger partial charge in [-0.3, -0.25) is 9.69 Å². The lowest BCUT2D eigenvalue weighted by Gasteiger charge is -2.25. The molecule has 4 nitrogen and oxygen atoms in total. The van der Waals surface area contributed by atoms with Crippen molar-refractivity contribution in [1.29, 1.82) is 0 Å². The molecule has 0 bridgehead atoms. The van der Waals surface area contributed by atoms with E-state index in [1.54, 1.807) is 11.2 Å². The third kappa shape index (κ3) is 2.91. The lowest BCUT2D eigenvalue weighted by Crippen LogP contribution is -2.28. The third-order valence-corrected chi connectivity index (χ3v) is 4.82. The summed E-state index contributed by atoms with van der Waals surface area (Å²) in [5, 5.41) is 0. The van der Waals surface area contributed by atoms with Gasteiger partial charge in [0.2, 0.25) is 0 Å². The minimum Gasteiger partial charge on any atom is -0.467 e. The normalized spacial score (nSPS) is 22.1. The summed E-state index contributed by atoms with van der Waals surface area (Å²) in [5.74, 6) is 0.738. The molecule has 0 saturated carbocycles. The number of hydrogen-bond acceptors (Lipinski definition) is 5. The summed E-state index contributed by atoms with van der Waals surface area (Å²) < 4.78 is 5.89. The molecule has 0 aromatic carbocycles. The second kappa shape index (κ2) is 6.01. The van der Waals surface area contributed by atoms with Crippen LogP contribution in [0.25, 0.3) is 0 Å². The highest BCUT2D eigenvalue weighted by Crippen LogP contribution is 2.32. The highest BCUT2D eigenvalue weighted by atomic mass is 32.2. The van der Waals surface area contributed by atoms with E-state index < -0.39 is 0 Å². The topological polar surface area (TPSA) is 36.7 Å². The van der Waals surface area contributed by atoms with Gasteiger partial charge in [0.05, 0.1) is 17.7 Å². The molecule has 0 atom stereocenters. The molecule has 0 aliphatic carbocycles. The van der Waals surface area contributed by atoms with Crippen LogP contribution in [0.2, 0.25) is 0 Å². The fourth-order valence-electron chi connectivity index (χ4n) is 2.40. The van der Waals surface area contributed by atoms with Crippen molar-refractivity contribution >= 4 is 34.2 Å². The van der Waals surface area contributed by atoms with Crippen LogP contribution >= 0.6 is 24.0 Å². The largest absolute Gasteiger partial charge is 0.467 e. The van der Waals surface area contributed by atoms with Gasteiger partial charge in [-0.2, -0.15) is 0 Å². The fraction of sp³-hybridized carbons (Fsp3) is 0.429. The van der Waals surface area contributed by atoms with Crippen LogP contribution in [0.4, 0.5) is 0 Å². The van der Waals surface area contributed by atoms with E-state index in [2.05, 4.69) is 4.90 Å². The Hall–Kier alpha value is -1.27. The molecule has 6 heteroatoms. The van der Waals surface area contributed by atoms with Crippen molar-refractivity contribution in [1.82, 2.24) is 9.80 Å². The van der Waals surface area contributed by atoms with Crippen molar-refractivity contribution in [2.24, 2.45) is 0 Å². The molecule has 2 fully saturated rings. The van der Waals surface area contributed by atoms with Gasteiger partial charge in [-0.15, -0.1) is 0 Å². The molecule has 106 valence electrons. The van der Waals surface area contributed by atoms with Crippen molar-refractivity contribution in [3.63, 3.8) is 0 Å². The monoisotopic (exact) mass is 308 g/mol. The first-order chi connectivity index (χ1) is 9.74. The van der Waals surface area contributed by atoms with Crippen LogP contribution in [-0.4, -0.2) is 33.1 Å². The third-order valence-electron chi connectivity index (χ3n) is 3.46. The number of rotatable bonds is 3. The summed E-state index contributed by atoms with van der Waals surface area (Å²) in [6, 6.07) is 3.67. The summed E-state index contributed by atoms with van der Waals surface area (Å²) in [5.41, 5.74) is 0. The quantitative estimate of drug-likeness (QED) is 0.634. The smallest absolute Gasteiger partial charge is 0.268 e. The zero-order chi connectivity index (χ0) is 13.9. The van der Waals surface area contributed by atoms with Gasteiger partial charge in [0, 0.05) is 19.3 Å². The van der Waals surface area contributed by atoms with Crippen LogP contribution in [0.3, 0.4) is 0 Å². The maximum Gasteiger partial charge on any atom is 0.268 e. The Morgan fingerprint density at radius 2 is 2.15 bits per heavy atom. The molecule has 1 aromatic rings. The van der Waals surface area contributed by atoms with Crippen molar-refractivity contribution in [3.8, 4) is 0 Å². The van der Waals surface area contributed by atoms with Crippen molar-refractivity contribution in [3.05, 3.63) is 35.3 Å². The van der Waals surface area contributed by atoms with Gasteiger partial charge in [-0.05, 0) is 31.4 Å². The van der Waals surface area contributed by atoms with Crippen LogP contribution in [-0.2, 0) is 11.3 Å². The molecule has 0 unspecified atom stereocenters. The van der Waals surface area contributed by atoms with Gasteiger partial charge in [-0.1, -0.05) is 24.0 Å². The number of hydrogen-bond donors (Lipinski definition) is 0. The maximum absolute atomic E-state index is 12.4. The minimum atomic E-state index is -0.0121. The zero-order valence-corrected chi connectivity index (χ0v) is 12.7. The van der Waals surface area contributed by atoms with Crippen LogP contribution in [0.1, 0.15) is 25.0 Å². The van der Waals surface area contributed by atoms with E-state index in [0.717, 1.165) is 23.8 Å². The number of carbonyl (C=O) groups excluding carboxylic acids is 1. The van der Waals surface area contributed by atoms with Crippen molar-refractivity contribution < 1.29 is 9.21 Å². The van der Waals surface area contributed by atoms with E-state index in [-0.39, 0.29) is 5.91 Å². The van der Waals surface area contributed by atoms with Crippen molar-refractivity contribution in [2.45, 2.75) is 25.8 Å². The summed E-state index contributed by atoms with van der Waals surface area (Å²) in [7, 11) is 0. The number of amides is 1. The Morgan fingerprint density at radius 3 is 2.85 bits per heavy atom. The molecule has 2 aliphatic rings. The first kappa shape index (κ1) is 13.7. The Bertz CT molecular complexity index is 533. The van der Waals surface area contributed by atoms with E-state index in [1.165, 1.54) is 31.0 Å². The number of piperidine rings is 1. The second-order valence-electron chi connectivity index (χ2n) is 4.93. The number of furan rings is 1. The number of carbonyl (C=O) groups is 1. The average molecular weight is 308 g/mol. The number of nitrogens with zero attached hydrogens (tertiary/aromatic N) is 2. The molecule has 20 heavy (non-hydrogen) atoms. The van der Waals surface area contributed by atoms with Gasteiger partial charge < -0.3 is 9.32 Å². The first-order valence-electron chi connectivity index (χ1n) is 6.76. The van der Waals surface area contributed by atoms with Crippen LogP contribution in [0.15, 0.2) is 33.9 Å². The summed E-state index contributed by atoms with van der Waals surface area (Å²) >= 11 is 6.69. The summed E-state index contributed by atoms with van der Waals surface area (Å²) in [6.45, 7) is 2.47. The first-order valence-corrected chi connectivity index (χ1v) is 7.98. The van der Waals surface area contributed by atoms with E-state index >= 15 is 0 Å². The molecule has 3 heterocycles. The number of thiocarbonyl (C=S) groups is 1. The molecule has 1 amide bonds. The molecule has 2 saturated heterocycles. The number of likely N-dealkylation sites (tertiary alicyclic amines) is 1. The SMILES string of the molecule is O=C1/C(=C/N2CCCCC2)SC(=S)N1Cc1ccco1. The molecular formula is C14H16N2O2S2.